The molecule has 0 saturated carbocycles. The Labute approximate surface area is 138 Å². The van der Waals surface area contributed by atoms with Crippen LogP contribution in [0.25, 0.3) is 6.08 Å². The summed E-state index contributed by atoms with van der Waals surface area (Å²) in [7, 11) is 4.01. The lowest BCUT2D eigenvalue weighted by atomic mass is 10.1. The number of aryl methyl sites for hydroxylation is 1. The van der Waals surface area contributed by atoms with E-state index < -0.39 is 0 Å². The number of amides is 1. The molecule has 1 amide bonds. The lowest BCUT2D eigenvalue weighted by Gasteiger charge is -2.22. The second-order valence-electron chi connectivity index (χ2n) is 5.92. The van der Waals surface area contributed by atoms with Gasteiger partial charge in [0.2, 0.25) is 5.91 Å². The van der Waals surface area contributed by atoms with Crippen molar-refractivity contribution < 1.29 is 4.79 Å². The summed E-state index contributed by atoms with van der Waals surface area (Å²) in [6.07, 6.45) is 3.47. The van der Waals surface area contributed by atoms with Crippen LogP contribution in [-0.4, -0.2) is 31.4 Å². The second-order valence-corrected chi connectivity index (χ2v) is 5.92. The van der Waals surface area contributed by atoms with Gasteiger partial charge in [-0.2, -0.15) is 0 Å². The molecule has 0 heterocycles. The predicted molar refractivity (Wildman–Crippen MR) is 96.1 cm³/mol. The molecule has 1 unspecified atom stereocenters. The molecule has 0 bridgehead atoms. The zero-order chi connectivity index (χ0) is 16.7. The average Bonchev–Trinajstić information content (AvgIpc) is 2.54. The zero-order valence-corrected chi connectivity index (χ0v) is 14.0. The van der Waals surface area contributed by atoms with Crippen molar-refractivity contribution in [1.82, 2.24) is 10.2 Å². The van der Waals surface area contributed by atoms with Crippen molar-refractivity contribution in [2.75, 3.05) is 20.6 Å². The molecule has 3 nitrogen and oxygen atoms in total. The molecule has 0 radical (unpaired) electrons. The third kappa shape index (κ3) is 5.38. The maximum atomic E-state index is 12.3. The average molecular weight is 308 g/mol. The molecule has 0 fully saturated rings. The van der Waals surface area contributed by atoms with Gasteiger partial charge in [0.1, 0.15) is 0 Å². The van der Waals surface area contributed by atoms with E-state index >= 15 is 0 Å². The van der Waals surface area contributed by atoms with Crippen molar-refractivity contribution in [3.05, 3.63) is 77.4 Å². The highest BCUT2D eigenvalue weighted by Crippen LogP contribution is 2.14. The van der Waals surface area contributed by atoms with Gasteiger partial charge in [0, 0.05) is 12.6 Å². The van der Waals surface area contributed by atoms with Crippen molar-refractivity contribution in [3.63, 3.8) is 0 Å². The van der Waals surface area contributed by atoms with Crippen LogP contribution in [0.5, 0.6) is 0 Å². The minimum absolute atomic E-state index is 0.0276. The van der Waals surface area contributed by atoms with Crippen molar-refractivity contribution in [3.8, 4) is 0 Å². The molecular weight excluding hydrogens is 284 g/mol. The van der Waals surface area contributed by atoms with E-state index in [1.807, 2.05) is 81.7 Å². The van der Waals surface area contributed by atoms with Crippen LogP contribution in [0.2, 0.25) is 0 Å². The van der Waals surface area contributed by atoms with Crippen LogP contribution in [-0.2, 0) is 4.79 Å². The highest BCUT2D eigenvalue weighted by atomic mass is 16.1. The van der Waals surface area contributed by atoms with Crippen molar-refractivity contribution in [2.24, 2.45) is 0 Å². The number of rotatable bonds is 6. The van der Waals surface area contributed by atoms with E-state index in [2.05, 4.69) is 10.2 Å². The largest absolute Gasteiger partial charge is 0.344 e. The summed E-state index contributed by atoms with van der Waals surface area (Å²) in [6, 6.07) is 18.0. The molecule has 2 aromatic rings. The molecule has 2 aromatic carbocycles. The van der Waals surface area contributed by atoms with Gasteiger partial charge in [0.05, 0.1) is 6.04 Å². The summed E-state index contributed by atoms with van der Waals surface area (Å²) in [4.78, 5) is 14.3. The molecule has 0 aliphatic carbocycles. The molecule has 1 N–H and O–H groups in total. The molecule has 2 rings (SSSR count). The Balaban J connectivity index is 2.07. The first-order valence-corrected chi connectivity index (χ1v) is 7.80. The Bertz CT molecular complexity index is 662. The molecule has 1 atom stereocenters. The Hall–Kier alpha value is -2.39. The summed E-state index contributed by atoms with van der Waals surface area (Å²) in [6.45, 7) is 2.80. The molecule has 120 valence electrons. The van der Waals surface area contributed by atoms with Gasteiger partial charge in [0.25, 0.3) is 0 Å². The SMILES string of the molecule is Cc1ccccc1/C=C/C(=O)NC(CN(C)C)c1ccccc1. The molecule has 0 aliphatic rings. The van der Waals surface area contributed by atoms with Crippen LogP contribution >= 0.6 is 0 Å². The predicted octanol–water partition coefficient (Wildman–Crippen LogP) is 3.43. The van der Waals surface area contributed by atoms with Crippen LogP contribution in [0.1, 0.15) is 22.7 Å². The Morgan fingerprint density at radius 1 is 1.09 bits per heavy atom. The van der Waals surface area contributed by atoms with Crippen molar-refractivity contribution >= 4 is 12.0 Å². The van der Waals surface area contributed by atoms with Gasteiger partial charge in [0.15, 0.2) is 0 Å². The smallest absolute Gasteiger partial charge is 0.244 e. The minimum atomic E-state index is -0.0797. The van der Waals surface area contributed by atoms with E-state index in [0.29, 0.717) is 0 Å². The van der Waals surface area contributed by atoms with Crippen molar-refractivity contribution in [1.29, 1.82) is 0 Å². The summed E-state index contributed by atoms with van der Waals surface area (Å²) in [5.74, 6) is -0.0797. The van der Waals surface area contributed by atoms with Gasteiger partial charge in [-0.05, 0) is 43.8 Å². The molecule has 0 aromatic heterocycles. The monoisotopic (exact) mass is 308 g/mol. The van der Waals surface area contributed by atoms with Gasteiger partial charge >= 0.3 is 0 Å². The minimum Gasteiger partial charge on any atom is -0.344 e. The standard InChI is InChI=1S/C20H24N2O/c1-16-9-7-8-10-17(16)13-14-20(23)21-19(15-22(2)3)18-11-5-4-6-12-18/h4-14,19H,15H2,1-3H3,(H,21,23)/b14-13+. The number of carbonyl (C=O) groups is 1. The number of likely N-dealkylation sites (N-methyl/N-ethyl adjacent to an activating group) is 1. The molecule has 0 spiro atoms. The van der Waals surface area contributed by atoms with Crippen LogP contribution in [0.4, 0.5) is 0 Å². The summed E-state index contributed by atoms with van der Waals surface area (Å²) >= 11 is 0. The van der Waals surface area contributed by atoms with Crippen molar-refractivity contribution in [2.45, 2.75) is 13.0 Å². The van der Waals surface area contributed by atoms with E-state index in [4.69, 9.17) is 0 Å². The highest BCUT2D eigenvalue weighted by molar-refractivity contribution is 5.92. The quantitative estimate of drug-likeness (QED) is 0.829. The van der Waals surface area contributed by atoms with E-state index in [1.165, 1.54) is 0 Å². The fourth-order valence-corrected chi connectivity index (χ4v) is 2.44. The second kappa shape index (κ2) is 8.30. The number of nitrogens with zero attached hydrogens (tertiary/aromatic N) is 1. The Morgan fingerprint density at radius 2 is 1.74 bits per heavy atom. The summed E-state index contributed by atoms with van der Waals surface area (Å²) in [5.41, 5.74) is 3.33. The maximum absolute atomic E-state index is 12.3. The number of nitrogens with one attached hydrogen (secondary N) is 1. The van der Waals surface area contributed by atoms with E-state index in [9.17, 15) is 4.79 Å². The van der Waals surface area contributed by atoms with Crippen LogP contribution in [0, 0.1) is 6.92 Å². The molecule has 23 heavy (non-hydrogen) atoms. The fraction of sp³-hybridized carbons (Fsp3) is 0.250. The number of benzene rings is 2. The van der Waals surface area contributed by atoms with Gasteiger partial charge in [-0.1, -0.05) is 54.6 Å². The third-order valence-electron chi connectivity index (χ3n) is 3.67. The number of hydrogen-bond acceptors (Lipinski definition) is 2. The normalized spacial score (nSPS) is 12.5. The van der Waals surface area contributed by atoms with Crippen LogP contribution in [0.15, 0.2) is 60.7 Å². The van der Waals surface area contributed by atoms with Gasteiger partial charge in [-0.25, -0.2) is 0 Å². The van der Waals surface area contributed by atoms with E-state index in [-0.39, 0.29) is 11.9 Å². The van der Waals surface area contributed by atoms with E-state index in [1.54, 1.807) is 6.08 Å². The van der Waals surface area contributed by atoms with E-state index in [0.717, 1.165) is 23.2 Å². The number of hydrogen-bond donors (Lipinski definition) is 1. The first-order chi connectivity index (χ1) is 11.1. The Kier molecular flexibility index (Phi) is 6.12. The highest BCUT2D eigenvalue weighted by Gasteiger charge is 2.13. The number of carbonyl (C=O) groups excluding carboxylic acids is 1. The maximum Gasteiger partial charge on any atom is 0.244 e. The van der Waals surface area contributed by atoms with Gasteiger partial charge in [-0.3, -0.25) is 4.79 Å². The van der Waals surface area contributed by atoms with Gasteiger partial charge < -0.3 is 10.2 Å². The molecule has 0 aliphatic heterocycles. The summed E-state index contributed by atoms with van der Waals surface area (Å²) < 4.78 is 0. The van der Waals surface area contributed by atoms with Gasteiger partial charge in [-0.15, -0.1) is 0 Å². The summed E-state index contributed by atoms with van der Waals surface area (Å²) in [5, 5.41) is 3.09. The lowest BCUT2D eigenvalue weighted by molar-refractivity contribution is -0.117. The molecular formula is C20H24N2O. The first-order valence-electron chi connectivity index (χ1n) is 7.80. The fourth-order valence-electron chi connectivity index (χ4n) is 2.44. The third-order valence-corrected chi connectivity index (χ3v) is 3.67. The lowest BCUT2D eigenvalue weighted by Crippen LogP contribution is -2.34. The zero-order valence-electron chi connectivity index (χ0n) is 14.0. The topological polar surface area (TPSA) is 32.3 Å². The van der Waals surface area contributed by atoms with Crippen LogP contribution < -0.4 is 5.32 Å². The molecule has 3 heteroatoms. The first kappa shape index (κ1) is 17.0. The van der Waals surface area contributed by atoms with Crippen LogP contribution in [0.3, 0.4) is 0 Å². The Morgan fingerprint density at radius 3 is 2.39 bits per heavy atom. The molecule has 0 saturated heterocycles.